The van der Waals surface area contributed by atoms with Gasteiger partial charge in [0.1, 0.15) is 5.75 Å². The molecule has 0 aliphatic heterocycles. The molecule has 1 N–H and O–H groups in total. The smallest absolute Gasteiger partial charge is 0.417 e. The molecule has 0 bridgehead atoms. The van der Waals surface area contributed by atoms with E-state index in [9.17, 15) is 23.1 Å². The number of alkyl halides is 3. The van der Waals surface area contributed by atoms with E-state index in [1.165, 1.54) is 18.2 Å². The van der Waals surface area contributed by atoms with Crippen molar-refractivity contribution in [3.05, 3.63) is 64.7 Å². The van der Waals surface area contributed by atoms with Crippen LogP contribution < -0.4 is 4.74 Å². The molecule has 116 valence electrons. The van der Waals surface area contributed by atoms with E-state index in [4.69, 9.17) is 16.3 Å². The van der Waals surface area contributed by atoms with Crippen molar-refractivity contribution < 1.29 is 27.8 Å². The van der Waals surface area contributed by atoms with Crippen LogP contribution in [0.4, 0.5) is 13.2 Å². The monoisotopic (exact) mass is 330 g/mol. The maximum Gasteiger partial charge on any atom is 0.417 e. The summed E-state index contributed by atoms with van der Waals surface area (Å²) in [6.45, 7) is 0. The summed E-state index contributed by atoms with van der Waals surface area (Å²) in [6, 6.07) is 10.8. The third kappa shape index (κ3) is 3.71. The number of hydrogen-bond donors (Lipinski definition) is 1. The Kier molecular flexibility index (Phi) is 4.61. The van der Waals surface area contributed by atoms with Crippen LogP contribution in [-0.4, -0.2) is 11.1 Å². The fourth-order valence-electron chi connectivity index (χ4n) is 1.82. The van der Waals surface area contributed by atoms with Crippen molar-refractivity contribution in [1.29, 1.82) is 0 Å². The molecule has 2 aromatic carbocycles. The lowest BCUT2D eigenvalue weighted by Gasteiger charge is -2.17. The predicted octanol–water partition coefficient (Wildman–Crippen LogP) is 4.56. The minimum atomic E-state index is -4.68. The number of para-hydroxylation sites is 1. The highest BCUT2D eigenvalue weighted by molar-refractivity contribution is 6.31. The van der Waals surface area contributed by atoms with Crippen LogP contribution in [0.5, 0.6) is 5.75 Å². The summed E-state index contributed by atoms with van der Waals surface area (Å²) in [4.78, 5) is 11.3. The molecule has 1 atom stereocenters. The van der Waals surface area contributed by atoms with E-state index in [1.807, 2.05) is 0 Å². The lowest BCUT2D eigenvalue weighted by Crippen LogP contribution is -2.19. The number of carbonyl (C=O) groups is 1. The predicted molar refractivity (Wildman–Crippen MR) is 73.9 cm³/mol. The Morgan fingerprint density at radius 3 is 2.32 bits per heavy atom. The van der Waals surface area contributed by atoms with Crippen molar-refractivity contribution in [3.8, 4) is 5.75 Å². The topological polar surface area (TPSA) is 46.5 Å². The molecule has 0 aliphatic rings. The summed E-state index contributed by atoms with van der Waals surface area (Å²) in [5.74, 6) is -1.17. The Hall–Kier alpha value is -2.21. The van der Waals surface area contributed by atoms with Crippen molar-refractivity contribution in [2.45, 2.75) is 12.3 Å². The summed E-state index contributed by atoms with van der Waals surface area (Å²) < 4.78 is 43.8. The van der Waals surface area contributed by atoms with Gasteiger partial charge in [0.2, 0.25) is 6.10 Å². The Morgan fingerprint density at radius 1 is 1.14 bits per heavy atom. The maximum absolute atomic E-state index is 12.8. The molecule has 0 amide bonds. The second-order valence-electron chi connectivity index (χ2n) is 4.39. The zero-order valence-electron chi connectivity index (χ0n) is 11.0. The molecule has 0 heterocycles. The van der Waals surface area contributed by atoms with Gasteiger partial charge in [-0.3, -0.25) is 0 Å². The van der Waals surface area contributed by atoms with Crippen molar-refractivity contribution in [1.82, 2.24) is 0 Å². The molecule has 0 saturated carbocycles. The van der Waals surface area contributed by atoms with E-state index in [0.717, 1.165) is 6.07 Å². The molecule has 3 nitrogen and oxygen atoms in total. The van der Waals surface area contributed by atoms with Crippen LogP contribution in [0.25, 0.3) is 0 Å². The quantitative estimate of drug-likeness (QED) is 0.893. The minimum Gasteiger partial charge on any atom is -0.478 e. The highest BCUT2D eigenvalue weighted by atomic mass is 35.5. The van der Waals surface area contributed by atoms with Crippen LogP contribution in [0.1, 0.15) is 17.2 Å². The Labute approximate surface area is 128 Å². The van der Waals surface area contributed by atoms with E-state index >= 15 is 0 Å². The van der Waals surface area contributed by atoms with E-state index in [0.29, 0.717) is 6.07 Å². The van der Waals surface area contributed by atoms with Crippen LogP contribution in [0.15, 0.2) is 48.5 Å². The molecule has 0 aliphatic carbocycles. The minimum absolute atomic E-state index is 0.145. The van der Waals surface area contributed by atoms with Gasteiger partial charge in [0.15, 0.2) is 0 Å². The Morgan fingerprint density at radius 2 is 1.77 bits per heavy atom. The average Bonchev–Trinajstić information content (AvgIpc) is 2.45. The van der Waals surface area contributed by atoms with Gasteiger partial charge in [0.25, 0.3) is 0 Å². The summed E-state index contributed by atoms with van der Waals surface area (Å²) in [5, 5.41) is 8.71. The number of benzene rings is 2. The summed E-state index contributed by atoms with van der Waals surface area (Å²) in [6.07, 6.45) is -6.25. The molecule has 0 fully saturated rings. The van der Waals surface area contributed by atoms with Gasteiger partial charge in [-0.2, -0.15) is 13.2 Å². The third-order valence-corrected chi connectivity index (χ3v) is 3.15. The Bertz CT molecular complexity index is 671. The molecule has 22 heavy (non-hydrogen) atoms. The van der Waals surface area contributed by atoms with Crippen molar-refractivity contribution >= 4 is 17.6 Å². The van der Waals surface area contributed by atoms with Gasteiger partial charge in [-0.15, -0.1) is 0 Å². The van der Waals surface area contributed by atoms with Crippen LogP contribution in [-0.2, 0) is 11.0 Å². The highest BCUT2D eigenvalue weighted by Gasteiger charge is 2.35. The number of halogens is 4. The summed E-state index contributed by atoms with van der Waals surface area (Å²) in [5.41, 5.74) is -1.25. The van der Waals surface area contributed by atoms with Gasteiger partial charge in [0, 0.05) is 5.56 Å². The van der Waals surface area contributed by atoms with Gasteiger partial charge < -0.3 is 9.84 Å². The SMILES string of the molecule is O=C(O)C(Oc1ccccc1)c1ccc(Cl)c(C(F)(F)F)c1. The summed E-state index contributed by atoms with van der Waals surface area (Å²) in [7, 11) is 0. The van der Waals surface area contributed by atoms with E-state index in [-0.39, 0.29) is 11.3 Å². The van der Waals surface area contributed by atoms with Gasteiger partial charge in [0.05, 0.1) is 10.6 Å². The molecule has 2 rings (SSSR count). The van der Waals surface area contributed by atoms with E-state index in [2.05, 4.69) is 0 Å². The molecule has 7 heteroatoms. The van der Waals surface area contributed by atoms with Crippen LogP contribution in [0.3, 0.4) is 0 Å². The first-order valence-corrected chi connectivity index (χ1v) is 6.48. The zero-order chi connectivity index (χ0) is 16.3. The molecular formula is C15H10ClF3O3. The molecular weight excluding hydrogens is 321 g/mol. The zero-order valence-corrected chi connectivity index (χ0v) is 11.7. The number of rotatable bonds is 4. The van der Waals surface area contributed by atoms with Crippen molar-refractivity contribution in [3.63, 3.8) is 0 Å². The molecule has 0 aromatic heterocycles. The highest BCUT2D eigenvalue weighted by Crippen LogP contribution is 2.36. The molecule has 0 saturated heterocycles. The van der Waals surface area contributed by atoms with Gasteiger partial charge in [-0.1, -0.05) is 35.9 Å². The molecule has 0 spiro atoms. The first-order chi connectivity index (χ1) is 10.3. The van der Waals surface area contributed by atoms with Gasteiger partial charge in [-0.05, 0) is 24.3 Å². The maximum atomic E-state index is 12.8. The number of carboxylic acid groups (broad SMARTS) is 1. The van der Waals surface area contributed by atoms with Gasteiger partial charge >= 0.3 is 12.1 Å². The number of ether oxygens (including phenoxy) is 1. The standard InChI is InChI=1S/C15H10ClF3O3/c16-12-7-6-9(8-11(12)15(17,18)19)13(14(20)21)22-10-4-2-1-3-5-10/h1-8,13H,(H,20,21). The third-order valence-electron chi connectivity index (χ3n) is 2.82. The van der Waals surface area contributed by atoms with Crippen LogP contribution >= 0.6 is 11.6 Å². The van der Waals surface area contributed by atoms with Crippen molar-refractivity contribution in [2.75, 3.05) is 0 Å². The largest absolute Gasteiger partial charge is 0.478 e. The van der Waals surface area contributed by atoms with E-state index < -0.39 is 28.8 Å². The lowest BCUT2D eigenvalue weighted by molar-refractivity contribution is -0.146. The first-order valence-electron chi connectivity index (χ1n) is 6.10. The molecule has 1 unspecified atom stereocenters. The van der Waals surface area contributed by atoms with Crippen molar-refractivity contribution in [2.24, 2.45) is 0 Å². The summed E-state index contributed by atoms with van der Waals surface area (Å²) >= 11 is 5.52. The van der Waals surface area contributed by atoms with Crippen LogP contribution in [0, 0.1) is 0 Å². The van der Waals surface area contributed by atoms with E-state index in [1.54, 1.807) is 18.2 Å². The fourth-order valence-corrected chi connectivity index (χ4v) is 2.04. The molecule has 0 radical (unpaired) electrons. The normalized spacial score (nSPS) is 12.7. The fraction of sp³-hybridized carbons (Fsp3) is 0.133. The second-order valence-corrected chi connectivity index (χ2v) is 4.79. The van der Waals surface area contributed by atoms with Gasteiger partial charge in [-0.25, -0.2) is 4.79 Å². The number of hydrogen-bond acceptors (Lipinski definition) is 2. The average molecular weight is 331 g/mol. The first kappa shape index (κ1) is 16.2. The number of aliphatic carboxylic acids is 1. The second kappa shape index (κ2) is 6.27. The van der Waals surface area contributed by atoms with Crippen LogP contribution in [0.2, 0.25) is 5.02 Å². The lowest BCUT2D eigenvalue weighted by atomic mass is 10.1. The molecule has 2 aromatic rings. The number of carboxylic acids is 1. The Balaban J connectivity index is 2.39.